The van der Waals surface area contributed by atoms with Crippen LogP contribution in [0.2, 0.25) is 0 Å². The third-order valence-electron chi connectivity index (χ3n) is 3.80. The quantitative estimate of drug-likeness (QED) is 0.879. The predicted octanol–water partition coefficient (Wildman–Crippen LogP) is 2.88. The van der Waals surface area contributed by atoms with Crippen LogP contribution in [0.3, 0.4) is 0 Å². The number of hydrogen-bond acceptors (Lipinski definition) is 3. The lowest BCUT2D eigenvalue weighted by Crippen LogP contribution is -2.25. The third kappa shape index (κ3) is 2.04. The van der Waals surface area contributed by atoms with E-state index in [9.17, 15) is 0 Å². The van der Waals surface area contributed by atoms with Gasteiger partial charge in [-0.3, -0.25) is 4.90 Å². The minimum atomic E-state index is 0.550. The minimum absolute atomic E-state index is 0.550. The summed E-state index contributed by atoms with van der Waals surface area (Å²) < 4.78 is 5.98. The van der Waals surface area contributed by atoms with Gasteiger partial charge in [0.1, 0.15) is 11.3 Å². The van der Waals surface area contributed by atoms with Gasteiger partial charge >= 0.3 is 0 Å². The SMILES string of the molecule is CCN(Cc1oc2ccccc2c1CN)C1CC1. The molecule has 0 bridgehead atoms. The second kappa shape index (κ2) is 4.75. The van der Waals surface area contributed by atoms with Gasteiger partial charge in [0, 0.05) is 23.5 Å². The van der Waals surface area contributed by atoms with Gasteiger partial charge in [0.2, 0.25) is 0 Å². The zero-order valence-electron chi connectivity index (χ0n) is 10.9. The second-order valence-corrected chi connectivity index (χ2v) is 5.00. The molecule has 1 fully saturated rings. The molecule has 2 aromatic rings. The van der Waals surface area contributed by atoms with E-state index >= 15 is 0 Å². The highest BCUT2D eigenvalue weighted by atomic mass is 16.3. The van der Waals surface area contributed by atoms with Gasteiger partial charge in [-0.2, -0.15) is 0 Å². The maximum absolute atomic E-state index is 5.98. The molecule has 96 valence electrons. The van der Waals surface area contributed by atoms with Crippen molar-refractivity contribution >= 4 is 11.0 Å². The van der Waals surface area contributed by atoms with E-state index in [1.165, 1.54) is 23.8 Å². The Labute approximate surface area is 108 Å². The van der Waals surface area contributed by atoms with Crippen molar-refractivity contribution in [2.24, 2.45) is 5.73 Å². The Hall–Kier alpha value is -1.32. The summed E-state index contributed by atoms with van der Waals surface area (Å²) in [7, 11) is 0. The number of fused-ring (bicyclic) bond motifs is 1. The number of para-hydroxylation sites is 1. The molecular formula is C15H20N2O. The van der Waals surface area contributed by atoms with Gasteiger partial charge in [0.15, 0.2) is 0 Å². The summed E-state index contributed by atoms with van der Waals surface area (Å²) in [4.78, 5) is 2.48. The first-order valence-corrected chi connectivity index (χ1v) is 6.77. The molecule has 3 nitrogen and oxygen atoms in total. The van der Waals surface area contributed by atoms with Crippen molar-refractivity contribution in [3.63, 3.8) is 0 Å². The van der Waals surface area contributed by atoms with Gasteiger partial charge in [-0.15, -0.1) is 0 Å². The number of benzene rings is 1. The first-order chi connectivity index (χ1) is 8.83. The number of furan rings is 1. The van der Waals surface area contributed by atoms with Crippen LogP contribution in [0, 0.1) is 0 Å². The molecule has 0 amide bonds. The van der Waals surface area contributed by atoms with E-state index in [-0.39, 0.29) is 0 Å². The molecule has 1 saturated carbocycles. The fraction of sp³-hybridized carbons (Fsp3) is 0.467. The van der Waals surface area contributed by atoms with Gasteiger partial charge in [0.25, 0.3) is 0 Å². The van der Waals surface area contributed by atoms with Gasteiger partial charge in [-0.1, -0.05) is 25.1 Å². The predicted molar refractivity (Wildman–Crippen MR) is 73.2 cm³/mol. The Bertz CT molecular complexity index is 542. The summed E-state index contributed by atoms with van der Waals surface area (Å²) in [5.74, 6) is 1.05. The highest BCUT2D eigenvalue weighted by Gasteiger charge is 2.29. The summed E-state index contributed by atoms with van der Waals surface area (Å²) >= 11 is 0. The molecule has 2 N–H and O–H groups in total. The fourth-order valence-corrected chi connectivity index (χ4v) is 2.62. The molecule has 18 heavy (non-hydrogen) atoms. The fourth-order valence-electron chi connectivity index (χ4n) is 2.62. The van der Waals surface area contributed by atoms with Crippen LogP contribution in [-0.2, 0) is 13.1 Å². The Morgan fingerprint density at radius 2 is 2.11 bits per heavy atom. The molecule has 0 radical (unpaired) electrons. The molecule has 1 aliphatic rings. The van der Waals surface area contributed by atoms with Crippen LogP contribution in [0.25, 0.3) is 11.0 Å². The lowest BCUT2D eigenvalue weighted by molar-refractivity contribution is 0.247. The number of hydrogen-bond donors (Lipinski definition) is 1. The van der Waals surface area contributed by atoms with Gasteiger partial charge in [-0.25, -0.2) is 0 Å². The van der Waals surface area contributed by atoms with Crippen LogP contribution >= 0.6 is 0 Å². The van der Waals surface area contributed by atoms with Crippen LogP contribution < -0.4 is 5.73 Å². The summed E-state index contributed by atoms with van der Waals surface area (Å²) in [5.41, 5.74) is 8.02. The molecule has 3 rings (SSSR count). The Morgan fingerprint density at radius 3 is 2.78 bits per heavy atom. The molecule has 3 heteroatoms. The van der Waals surface area contributed by atoms with Crippen molar-refractivity contribution < 1.29 is 4.42 Å². The van der Waals surface area contributed by atoms with E-state index in [2.05, 4.69) is 17.9 Å². The van der Waals surface area contributed by atoms with Crippen LogP contribution in [0.1, 0.15) is 31.1 Å². The highest BCUT2D eigenvalue weighted by molar-refractivity contribution is 5.82. The van der Waals surface area contributed by atoms with Crippen LogP contribution in [0.5, 0.6) is 0 Å². The number of nitrogens with two attached hydrogens (primary N) is 1. The van der Waals surface area contributed by atoms with Gasteiger partial charge in [-0.05, 0) is 25.5 Å². The maximum Gasteiger partial charge on any atom is 0.134 e. The first-order valence-electron chi connectivity index (χ1n) is 6.77. The second-order valence-electron chi connectivity index (χ2n) is 5.00. The molecule has 0 aliphatic heterocycles. The van der Waals surface area contributed by atoms with E-state index < -0.39 is 0 Å². The van der Waals surface area contributed by atoms with E-state index in [0.29, 0.717) is 6.54 Å². The monoisotopic (exact) mass is 244 g/mol. The smallest absolute Gasteiger partial charge is 0.134 e. The molecule has 1 heterocycles. The minimum Gasteiger partial charge on any atom is -0.459 e. The van der Waals surface area contributed by atoms with E-state index in [1.807, 2.05) is 18.2 Å². The van der Waals surface area contributed by atoms with Crippen molar-refractivity contribution in [2.75, 3.05) is 6.54 Å². The summed E-state index contributed by atoms with van der Waals surface area (Å²) in [6.07, 6.45) is 2.65. The Morgan fingerprint density at radius 1 is 1.33 bits per heavy atom. The normalized spacial score (nSPS) is 15.7. The largest absolute Gasteiger partial charge is 0.459 e. The average Bonchev–Trinajstić information content (AvgIpc) is 3.17. The molecule has 1 aliphatic carbocycles. The molecule has 1 aromatic heterocycles. The van der Waals surface area contributed by atoms with Crippen molar-refractivity contribution in [2.45, 2.75) is 38.9 Å². The number of nitrogens with zero attached hydrogens (tertiary/aromatic N) is 1. The topological polar surface area (TPSA) is 42.4 Å². The zero-order valence-corrected chi connectivity index (χ0v) is 10.9. The standard InChI is InChI=1S/C15H20N2O/c1-2-17(11-7-8-11)10-15-13(9-16)12-5-3-4-6-14(12)18-15/h3-6,11H,2,7-10,16H2,1H3. The lowest BCUT2D eigenvalue weighted by Gasteiger charge is -2.18. The highest BCUT2D eigenvalue weighted by Crippen LogP contribution is 2.31. The van der Waals surface area contributed by atoms with Crippen molar-refractivity contribution in [1.82, 2.24) is 4.90 Å². The van der Waals surface area contributed by atoms with E-state index in [0.717, 1.165) is 30.5 Å². The molecule has 0 atom stereocenters. The summed E-state index contributed by atoms with van der Waals surface area (Å²) in [5, 5.41) is 1.17. The van der Waals surface area contributed by atoms with Crippen molar-refractivity contribution in [3.05, 3.63) is 35.6 Å². The van der Waals surface area contributed by atoms with Crippen molar-refractivity contribution in [1.29, 1.82) is 0 Å². The van der Waals surface area contributed by atoms with Crippen LogP contribution in [-0.4, -0.2) is 17.5 Å². The first kappa shape index (κ1) is 11.8. The lowest BCUT2D eigenvalue weighted by atomic mass is 10.1. The van der Waals surface area contributed by atoms with E-state index in [1.54, 1.807) is 0 Å². The number of rotatable bonds is 5. The molecule has 0 unspecified atom stereocenters. The van der Waals surface area contributed by atoms with Crippen molar-refractivity contribution in [3.8, 4) is 0 Å². The molecule has 1 aromatic carbocycles. The average molecular weight is 244 g/mol. The van der Waals surface area contributed by atoms with Crippen LogP contribution in [0.15, 0.2) is 28.7 Å². The zero-order chi connectivity index (χ0) is 12.5. The van der Waals surface area contributed by atoms with Gasteiger partial charge < -0.3 is 10.2 Å². The van der Waals surface area contributed by atoms with Gasteiger partial charge in [0.05, 0.1) is 6.54 Å². The molecular weight excluding hydrogens is 224 g/mol. The van der Waals surface area contributed by atoms with E-state index in [4.69, 9.17) is 10.2 Å². The molecule has 0 spiro atoms. The summed E-state index contributed by atoms with van der Waals surface area (Å²) in [6.45, 7) is 4.73. The Kier molecular flexibility index (Phi) is 3.10. The molecule has 0 saturated heterocycles. The Balaban J connectivity index is 1.94. The maximum atomic E-state index is 5.98. The van der Waals surface area contributed by atoms with Crippen LogP contribution in [0.4, 0.5) is 0 Å². The third-order valence-corrected chi connectivity index (χ3v) is 3.80. The summed E-state index contributed by atoms with van der Waals surface area (Å²) in [6, 6.07) is 8.92.